The molecule has 4 heteroatoms. The maximum atomic E-state index is 11.2. The molecule has 0 unspecified atom stereocenters. The maximum Gasteiger partial charge on any atom is 0.365 e. The van der Waals surface area contributed by atoms with Crippen LogP contribution in [0.15, 0.2) is 27.5 Å². The van der Waals surface area contributed by atoms with E-state index in [-0.39, 0.29) is 11.4 Å². The summed E-state index contributed by atoms with van der Waals surface area (Å²) in [6.45, 7) is 2.44. The molecule has 0 saturated heterocycles. The van der Waals surface area contributed by atoms with E-state index in [1.54, 1.807) is 6.07 Å². The number of hydrogen-bond acceptors (Lipinski definition) is 3. The molecule has 0 saturated carbocycles. The molecule has 1 aromatic heterocycles. The van der Waals surface area contributed by atoms with Crippen molar-refractivity contribution in [2.45, 2.75) is 13.5 Å². The predicted octanol–water partition coefficient (Wildman–Crippen LogP) is 1.32. The van der Waals surface area contributed by atoms with Crippen LogP contribution in [0.3, 0.4) is 0 Å². The van der Waals surface area contributed by atoms with Gasteiger partial charge in [0.15, 0.2) is 0 Å². The van der Waals surface area contributed by atoms with Crippen LogP contribution in [-0.4, -0.2) is 9.85 Å². The van der Waals surface area contributed by atoms with Gasteiger partial charge in [-0.3, -0.25) is 0 Å². The zero-order valence-corrected chi connectivity index (χ0v) is 7.15. The molecule has 0 atom stereocenters. The van der Waals surface area contributed by atoms with Crippen molar-refractivity contribution < 1.29 is 9.63 Å². The Morgan fingerprint density at radius 2 is 2.31 bits per heavy atom. The van der Waals surface area contributed by atoms with E-state index in [1.165, 1.54) is 16.9 Å². The van der Waals surface area contributed by atoms with Crippen LogP contribution in [0, 0.1) is 0 Å². The Morgan fingerprint density at radius 1 is 1.54 bits per heavy atom. The summed E-state index contributed by atoms with van der Waals surface area (Å²) in [5, 5.41) is 9.70. The minimum Gasteiger partial charge on any atom is -0.508 e. The molecule has 0 amide bonds. The molecule has 0 aliphatic rings. The Morgan fingerprint density at radius 3 is 3.00 bits per heavy atom. The first-order valence-electron chi connectivity index (χ1n) is 4.05. The number of nitrogens with zero attached hydrogens (tertiary/aromatic N) is 1. The van der Waals surface area contributed by atoms with Crippen LogP contribution >= 0.6 is 0 Å². The molecule has 0 radical (unpaired) electrons. The molecule has 1 aromatic carbocycles. The van der Waals surface area contributed by atoms with Gasteiger partial charge in [0.1, 0.15) is 5.75 Å². The Hall–Kier alpha value is -1.71. The lowest BCUT2D eigenvalue weighted by molar-refractivity contribution is 0.270. The fourth-order valence-electron chi connectivity index (χ4n) is 1.33. The van der Waals surface area contributed by atoms with Crippen LogP contribution in [0.5, 0.6) is 5.75 Å². The Kier molecular flexibility index (Phi) is 1.62. The van der Waals surface area contributed by atoms with Crippen LogP contribution < -0.4 is 5.63 Å². The molecule has 2 aromatic rings. The Labute approximate surface area is 74.0 Å². The third-order valence-electron chi connectivity index (χ3n) is 1.95. The Bertz CT molecular complexity index is 495. The van der Waals surface area contributed by atoms with Crippen molar-refractivity contribution >= 4 is 10.9 Å². The molecule has 13 heavy (non-hydrogen) atoms. The summed E-state index contributed by atoms with van der Waals surface area (Å²) in [4.78, 5) is 11.2. The third kappa shape index (κ3) is 1.11. The van der Waals surface area contributed by atoms with Gasteiger partial charge < -0.3 is 9.63 Å². The number of benzene rings is 1. The summed E-state index contributed by atoms with van der Waals surface area (Å²) in [6.07, 6.45) is 0. The minimum atomic E-state index is -0.364. The number of aryl methyl sites for hydroxylation is 1. The number of phenolic OH excluding ortho intramolecular Hbond substituents is 1. The lowest BCUT2D eigenvalue weighted by atomic mass is 10.2. The highest BCUT2D eigenvalue weighted by Gasteiger charge is 2.07. The highest BCUT2D eigenvalue weighted by Crippen LogP contribution is 2.17. The molecule has 0 aliphatic heterocycles. The van der Waals surface area contributed by atoms with Gasteiger partial charge in [-0.1, -0.05) is 0 Å². The zero-order chi connectivity index (χ0) is 9.42. The van der Waals surface area contributed by atoms with E-state index in [0.29, 0.717) is 17.4 Å². The van der Waals surface area contributed by atoms with Gasteiger partial charge in [-0.2, -0.15) is 0 Å². The van der Waals surface area contributed by atoms with E-state index in [9.17, 15) is 9.90 Å². The molecule has 0 spiro atoms. The molecule has 68 valence electrons. The van der Waals surface area contributed by atoms with Crippen molar-refractivity contribution in [2.75, 3.05) is 0 Å². The predicted molar refractivity (Wildman–Crippen MR) is 47.8 cm³/mol. The zero-order valence-electron chi connectivity index (χ0n) is 7.15. The van der Waals surface area contributed by atoms with E-state index >= 15 is 0 Å². The van der Waals surface area contributed by atoms with Crippen LogP contribution in [0.1, 0.15) is 6.92 Å². The monoisotopic (exact) mass is 179 g/mol. The number of aromatic hydroxyl groups is 1. The summed E-state index contributed by atoms with van der Waals surface area (Å²) >= 11 is 0. The van der Waals surface area contributed by atoms with Gasteiger partial charge >= 0.3 is 5.63 Å². The maximum absolute atomic E-state index is 11.2. The normalized spacial score (nSPS) is 10.8. The summed E-state index contributed by atoms with van der Waals surface area (Å²) in [6, 6.07) is 4.55. The number of aromatic nitrogens is 1. The van der Waals surface area contributed by atoms with Crippen molar-refractivity contribution in [1.82, 2.24) is 4.74 Å². The molecule has 0 bridgehead atoms. The van der Waals surface area contributed by atoms with Crippen LogP contribution in [0.4, 0.5) is 0 Å². The Balaban J connectivity index is 2.89. The summed E-state index contributed by atoms with van der Waals surface area (Å²) in [5.74, 6) is 0.135. The highest BCUT2D eigenvalue weighted by atomic mass is 16.5. The molecule has 0 aliphatic carbocycles. The smallest absolute Gasteiger partial charge is 0.365 e. The standard InChI is InChI=1S/C9H9NO3/c1-2-10-8-5-6(11)3-4-7(8)9(12)13-10/h3-5,11H,2H2,1H3. The SMILES string of the molecule is CCn1oc(=O)c2ccc(O)cc21. The lowest BCUT2D eigenvalue weighted by Gasteiger charge is -1.96. The van der Waals surface area contributed by atoms with Crippen LogP contribution in [-0.2, 0) is 6.54 Å². The molecule has 2 rings (SSSR count). The van der Waals surface area contributed by atoms with Gasteiger partial charge in [0, 0.05) is 6.07 Å². The quantitative estimate of drug-likeness (QED) is 0.718. The molecule has 0 fully saturated rings. The molecular weight excluding hydrogens is 170 g/mol. The van der Waals surface area contributed by atoms with Crippen molar-refractivity contribution in [3.8, 4) is 5.75 Å². The summed E-state index contributed by atoms with van der Waals surface area (Å²) in [5.41, 5.74) is 0.268. The van der Waals surface area contributed by atoms with Crippen molar-refractivity contribution in [3.05, 3.63) is 28.6 Å². The van der Waals surface area contributed by atoms with Gasteiger partial charge in [-0.05, 0) is 19.1 Å². The fraction of sp³-hybridized carbons (Fsp3) is 0.222. The largest absolute Gasteiger partial charge is 0.508 e. The van der Waals surface area contributed by atoms with E-state index in [1.807, 2.05) is 6.92 Å². The number of fused-ring (bicyclic) bond motifs is 1. The van der Waals surface area contributed by atoms with E-state index < -0.39 is 0 Å². The number of phenols is 1. The second kappa shape index (κ2) is 2.65. The van der Waals surface area contributed by atoms with Crippen molar-refractivity contribution in [3.63, 3.8) is 0 Å². The summed E-state index contributed by atoms with van der Waals surface area (Å²) in [7, 11) is 0. The second-order valence-electron chi connectivity index (χ2n) is 2.77. The van der Waals surface area contributed by atoms with E-state index in [0.717, 1.165) is 0 Å². The van der Waals surface area contributed by atoms with Gasteiger partial charge in [-0.15, -0.1) is 0 Å². The van der Waals surface area contributed by atoms with Crippen molar-refractivity contribution in [2.24, 2.45) is 0 Å². The van der Waals surface area contributed by atoms with Gasteiger partial charge in [0.25, 0.3) is 0 Å². The second-order valence-corrected chi connectivity index (χ2v) is 2.77. The topological polar surface area (TPSA) is 55.4 Å². The molecule has 4 nitrogen and oxygen atoms in total. The van der Waals surface area contributed by atoms with E-state index in [2.05, 4.69) is 0 Å². The first-order valence-corrected chi connectivity index (χ1v) is 4.05. The number of rotatable bonds is 1. The van der Waals surface area contributed by atoms with Gasteiger partial charge in [0.05, 0.1) is 17.4 Å². The highest BCUT2D eigenvalue weighted by molar-refractivity contribution is 5.79. The van der Waals surface area contributed by atoms with Crippen molar-refractivity contribution in [1.29, 1.82) is 0 Å². The molecule has 1 heterocycles. The first kappa shape index (κ1) is 7.91. The van der Waals surface area contributed by atoms with Crippen LogP contribution in [0.2, 0.25) is 0 Å². The fourth-order valence-corrected chi connectivity index (χ4v) is 1.33. The van der Waals surface area contributed by atoms with Crippen LogP contribution in [0.25, 0.3) is 10.9 Å². The van der Waals surface area contributed by atoms with Gasteiger partial charge in [-0.25, -0.2) is 9.53 Å². The first-order chi connectivity index (χ1) is 6.22. The molecular formula is C9H9NO3. The average Bonchev–Trinajstić information content (AvgIpc) is 2.42. The minimum absolute atomic E-state index is 0.135. The lowest BCUT2D eigenvalue weighted by Crippen LogP contribution is -1.93. The van der Waals surface area contributed by atoms with E-state index in [4.69, 9.17) is 4.52 Å². The van der Waals surface area contributed by atoms with Gasteiger partial charge in [0.2, 0.25) is 0 Å². The third-order valence-corrected chi connectivity index (χ3v) is 1.95. The number of hydrogen-bond donors (Lipinski definition) is 1. The summed E-state index contributed by atoms with van der Waals surface area (Å²) < 4.78 is 6.37. The average molecular weight is 179 g/mol. The molecule has 1 N–H and O–H groups in total.